The fourth-order valence-electron chi connectivity index (χ4n) is 7.66. The monoisotopic (exact) mass is 693 g/mol. The van der Waals surface area contributed by atoms with Crippen LogP contribution in [0.4, 0.5) is 0 Å². The standard InChI is InChI=1S/C47H80O3/c1-10-11-12-13-14-15-16-17-18-19-20-21-22-23-24-33-44(48)49-45-40(6)41(7)46-43(42(45)8)34-36-47(9,50-46)35-27-32-39(5)31-26-30-38(4)29-25-28-37(2)3/h14-15,17-18,37-39H,10-13,16,19-36H2,1-9H3/b15-14+,18-17+/t38-,39-,47-/m1/s1. The second kappa shape index (κ2) is 25.0. The van der Waals surface area contributed by atoms with Gasteiger partial charge in [0, 0.05) is 12.0 Å². The van der Waals surface area contributed by atoms with Gasteiger partial charge in [-0.1, -0.05) is 136 Å². The molecule has 3 nitrogen and oxygen atoms in total. The molecule has 0 aromatic heterocycles. The first-order valence-electron chi connectivity index (χ1n) is 21.3. The number of hydrogen-bond donors (Lipinski definition) is 0. The zero-order chi connectivity index (χ0) is 36.8. The number of hydrogen-bond acceptors (Lipinski definition) is 3. The van der Waals surface area contributed by atoms with Gasteiger partial charge < -0.3 is 9.47 Å². The lowest BCUT2D eigenvalue weighted by Crippen LogP contribution is -2.37. The largest absolute Gasteiger partial charge is 0.487 e. The molecule has 286 valence electrons. The van der Waals surface area contributed by atoms with Crippen molar-refractivity contribution in [2.75, 3.05) is 0 Å². The number of esters is 1. The summed E-state index contributed by atoms with van der Waals surface area (Å²) >= 11 is 0. The second-order valence-corrected chi connectivity index (χ2v) is 16.9. The van der Waals surface area contributed by atoms with Crippen molar-refractivity contribution in [3.05, 3.63) is 46.6 Å². The molecule has 3 atom stereocenters. The van der Waals surface area contributed by atoms with Crippen molar-refractivity contribution >= 4 is 5.97 Å². The molecular formula is C47H80O3. The van der Waals surface area contributed by atoms with E-state index in [9.17, 15) is 4.79 Å². The predicted octanol–water partition coefficient (Wildman–Crippen LogP) is 14.9. The molecule has 0 N–H and O–H groups in total. The maximum Gasteiger partial charge on any atom is 0.311 e. The van der Waals surface area contributed by atoms with E-state index in [1.54, 1.807) is 0 Å². The molecule has 1 aliphatic heterocycles. The molecule has 0 aliphatic carbocycles. The number of benzene rings is 1. The summed E-state index contributed by atoms with van der Waals surface area (Å²) in [7, 11) is 0. The molecule has 1 aromatic rings. The fraction of sp³-hybridized carbons (Fsp3) is 0.766. The highest BCUT2D eigenvalue weighted by Gasteiger charge is 2.34. The maximum atomic E-state index is 12.9. The second-order valence-electron chi connectivity index (χ2n) is 16.9. The van der Waals surface area contributed by atoms with Crippen molar-refractivity contribution in [2.24, 2.45) is 17.8 Å². The Labute approximate surface area is 310 Å². The first-order chi connectivity index (χ1) is 24.0. The summed E-state index contributed by atoms with van der Waals surface area (Å²) in [5.74, 6) is 4.19. The van der Waals surface area contributed by atoms with Gasteiger partial charge in [-0.25, -0.2) is 0 Å². The van der Waals surface area contributed by atoms with E-state index in [1.807, 2.05) is 0 Å². The van der Waals surface area contributed by atoms with Crippen LogP contribution in [0.1, 0.15) is 205 Å². The van der Waals surface area contributed by atoms with Gasteiger partial charge in [-0.15, -0.1) is 0 Å². The third kappa shape index (κ3) is 17.5. The van der Waals surface area contributed by atoms with Crippen LogP contribution in [0.2, 0.25) is 0 Å². The Kier molecular flexibility index (Phi) is 22.1. The quantitative estimate of drug-likeness (QED) is 0.0398. The van der Waals surface area contributed by atoms with Crippen LogP contribution >= 0.6 is 0 Å². The predicted molar refractivity (Wildman–Crippen MR) is 218 cm³/mol. The molecule has 50 heavy (non-hydrogen) atoms. The lowest BCUT2D eigenvalue weighted by molar-refractivity contribution is -0.134. The van der Waals surface area contributed by atoms with Crippen molar-refractivity contribution < 1.29 is 14.3 Å². The molecule has 0 saturated heterocycles. The normalized spacial score (nSPS) is 17.4. The molecule has 0 bridgehead atoms. The Hall–Kier alpha value is -2.03. The van der Waals surface area contributed by atoms with Gasteiger partial charge in [0.2, 0.25) is 0 Å². The van der Waals surface area contributed by atoms with E-state index < -0.39 is 0 Å². The molecule has 0 unspecified atom stereocenters. The summed E-state index contributed by atoms with van der Waals surface area (Å²) in [5.41, 5.74) is 4.38. The molecule has 1 aliphatic rings. The topological polar surface area (TPSA) is 35.5 Å². The Morgan fingerprint density at radius 1 is 0.720 bits per heavy atom. The zero-order valence-electron chi connectivity index (χ0n) is 34.5. The van der Waals surface area contributed by atoms with Gasteiger partial charge in [0.25, 0.3) is 0 Å². The molecule has 1 heterocycles. The number of unbranched alkanes of at least 4 members (excludes halogenated alkanes) is 8. The lowest BCUT2D eigenvalue weighted by Gasteiger charge is -2.38. The van der Waals surface area contributed by atoms with Crippen molar-refractivity contribution in [1.29, 1.82) is 0 Å². The van der Waals surface area contributed by atoms with Crippen molar-refractivity contribution in [1.82, 2.24) is 0 Å². The van der Waals surface area contributed by atoms with E-state index in [0.717, 1.165) is 90.9 Å². The summed E-state index contributed by atoms with van der Waals surface area (Å²) < 4.78 is 12.9. The summed E-state index contributed by atoms with van der Waals surface area (Å²) in [5, 5.41) is 0. The third-order valence-electron chi connectivity index (χ3n) is 11.4. The Morgan fingerprint density at radius 2 is 1.30 bits per heavy atom. The summed E-state index contributed by atoms with van der Waals surface area (Å²) in [6.45, 7) is 20.5. The molecule has 0 radical (unpaired) electrons. The third-order valence-corrected chi connectivity index (χ3v) is 11.4. The number of rotatable bonds is 27. The van der Waals surface area contributed by atoms with Gasteiger partial charge in [-0.3, -0.25) is 4.79 Å². The van der Waals surface area contributed by atoms with Gasteiger partial charge in [0.1, 0.15) is 17.1 Å². The number of carbonyl (C=O) groups is 1. The van der Waals surface area contributed by atoms with Crippen LogP contribution in [-0.4, -0.2) is 11.6 Å². The molecule has 3 heteroatoms. The van der Waals surface area contributed by atoms with Gasteiger partial charge >= 0.3 is 5.97 Å². The minimum atomic E-state index is -0.124. The fourth-order valence-corrected chi connectivity index (χ4v) is 7.66. The van der Waals surface area contributed by atoms with Gasteiger partial charge in [-0.05, 0) is 126 Å². The smallest absolute Gasteiger partial charge is 0.311 e. The molecule has 0 amide bonds. The van der Waals surface area contributed by atoms with Crippen molar-refractivity contribution in [3.63, 3.8) is 0 Å². The van der Waals surface area contributed by atoms with E-state index in [2.05, 4.69) is 86.6 Å². The molecule has 0 spiro atoms. The first kappa shape index (κ1) is 44.1. The van der Waals surface area contributed by atoms with Crippen LogP contribution in [0, 0.1) is 38.5 Å². The Bertz CT molecular complexity index is 1140. The van der Waals surface area contributed by atoms with Gasteiger partial charge in [0.05, 0.1) is 0 Å². The minimum absolute atomic E-state index is 0.0995. The highest BCUT2D eigenvalue weighted by molar-refractivity contribution is 5.74. The van der Waals surface area contributed by atoms with Gasteiger partial charge in [0.15, 0.2) is 0 Å². The van der Waals surface area contributed by atoms with E-state index in [4.69, 9.17) is 9.47 Å². The van der Waals surface area contributed by atoms with Crippen molar-refractivity contribution in [3.8, 4) is 11.5 Å². The summed E-state index contributed by atoms with van der Waals surface area (Å²) in [6.07, 6.45) is 36.6. The molecule has 1 aromatic carbocycles. The molecule has 0 saturated carbocycles. The highest BCUT2D eigenvalue weighted by Crippen LogP contribution is 2.45. The van der Waals surface area contributed by atoms with E-state index in [-0.39, 0.29) is 11.6 Å². The van der Waals surface area contributed by atoms with Crippen LogP contribution in [0.25, 0.3) is 0 Å². The molecular weight excluding hydrogens is 613 g/mol. The maximum absolute atomic E-state index is 12.9. The SMILES string of the molecule is CCCCC/C=C/C/C=C/CCCCCCCC(=O)Oc1c(C)c(C)c2c(c1C)CC[C@@](C)(CCC[C@H](C)CCC[C@H](C)CCCC(C)C)O2. The summed E-state index contributed by atoms with van der Waals surface area (Å²) in [6, 6.07) is 0. The number of allylic oxidation sites excluding steroid dienone is 4. The first-order valence-corrected chi connectivity index (χ1v) is 21.3. The highest BCUT2D eigenvalue weighted by atomic mass is 16.5. The Balaban J connectivity index is 1.70. The molecule has 0 fully saturated rings. The minimum Gasteiger partial charge on any atom is -0.487 e. The average Bonchev–Trinajstić information content (AvgIpc) is 3.07. The Morgan fingerprint density at radius 3 is 1.94 bits per heavy atom. The van der Waals surface area contributed by atoms with Gasteiger partial charge in [-0.2, -0.15) is 0 Å². The number of carbonyl (C=O) groups excluding carboxylic acids is 1. The van der Waals surface area contributed by atoms with Crippen molar-refractivity contribution in [2.45, 2.75) is 216 Å². The molecule has 2 rings (SSSR count). The number of fused-ring (bicyclic) bond motifs is 1. The number of ether oxygens (including phenoxy) is 2. The van der Waals surface area contributed by atoms with Crippen LogP contribution in [0.5, 0.6) is 11.5 Å². The average molecular weight is 693 g/mol. The summed E-state index contributed by atoms with van der Waals surface area (Å²) in [4.78, 5) is 12.9. The van der Waals surface area contributed by atoms with E-state index >= 15 is 0 Å². The lowest BCUT2D eigenvalue weighted by atomic mass is 9.83. The van der Waals surface area contributed by atoms with E-state index in [1.165, 1.54) is 102 Å². The van der Waals surface area contributed by atoms with Crippen LogP contribution in [0.3, 0.4) is 0 Å². The van der Waals surface area contributed by atoms with Crippen LogP contribution < -0.4 is 9.47 Å². The zero-order valence-corrected chi connectivity index (χ0v) is 34.5. The van der Waals surface area contributed by atoms with Crippen LogP contribution in [0.15, 0.2) is 24.3 Å². The van der Waals surface area contributed by atoms with E-state index in [0.29, 0.717) is 6.42 Å². The van der Waals surface area contributed by atoms with Crippen LogP contribution in [-0.2, 0) is 11.2 Å².